The molecule has 1 aromatic carbocycles. The van der Waals surface area contributed by atoms with Crippen molar-refractivity contribution in [1.82, 2.24) is 5.32 Å². The quantitative estimate of drug-likeness (QED) is 0.858. The van der Waals surface area contributed by atoms with Gasteiger partial charge in [0.15, 0.2) is 11.5 Å². The lowest BCUT2D eigenvalue weighted by atomic mass is 10.1. The number of aliphatic carboxylic acids is 1. The number of benzene rings is 1. The number of carboxylic acids is 1. The molecular formula is C15H19NO5. The van der Waals surface area contributed by atoms with Gasteiger partial charge in [0, 0.05) is 6.54 Å². The van der Waals surface area contributed by atoms with Crippen LogP contribution in [0.25, 0.3) is 0 Å². The molecule has 1 aromatic rings. The van der Waals surface area contributed by atoms with E-state index < -0.39 is 24.1 Å². The van der Waals surface area contributed by atoms with Gasteiger partial charge in [0.1, 0.15) is 6.10 Å². The number of ether oxygens (including phenoxy) is 2. The predicted molar refractivity (Wildman–Crippen MR) is 75.4 cm³/mol. The van der Waals surface area contributed by atoms with Crippen LogP contribution in [0.4, 0.5) is 0 Å². The summed E-state index contributed by atoms with van der Waals surface area (Å²) >= 11 is 0. The first-order valence-electron chi connectivity index (χ1n) is 6.92. The third-order valence-corrected chi connectivity index (χ3v) is 3.40. The molecule has 0 saturated carbocycles. The van der Waals surface area contributed by atoms with E-state index >= 15 is 0 Å². The molecule has 114 valence electrons. The standard InChI is InChI=1S/C15H19NO5/c1-9(15(18)19)7-8-16-14(17)13-10(2)20-11-5-3-4-6-12(11)21-13/h3-6,9-10,13H,7-8H2,1-2H3,(H,16,17)(H,18,19). The third kappa shape index (κ3) is 3.65. The number of carboxylic acid groups (broad SMARTS) is 1. The summed E-state index contributed by atoms with van der Waals surface area (Å²) in [5.74, 6) is -0.506. The van der Waals surface area contributed by atoms with Gasteiger partial charge in [-0.15, -0.1) is 0 Å². The average molecular weight is 293 g/mol. The zero-order valence-electron chi connectivity index (χ0n) is 12.0. The lowest BCUT2D eigenvalue weighted by Gasteiger charge is -2.31. The van der Waals surface area contributed by atoms with E-state index in [1.807, 2.05) is 12.1 Å². The fraction of sp³-hybridized carbons (Fsp3) is 0.467. The summed E-state index contributed by atoms with van der Waals surface area (Å²) in [5.41, 5.74) is 0. The molecule has 1 heterocycles. The Morgan fingerprint density at radius 1 is 1.29 bits per heavy atom. The van der Waals surface area contributed by atoms with Crippen LogP contribution in [0, 0.1) is 5.92 Å². The molecular weight excluding hydrogens is 274 g/mol. The molecule has 0 aliphatic carbocycles. The summed E-state index contributed by atoms with van der Waals surface area (Å²) < 4.78 is 11.3. The fourth-order valence-electron chi connectivity index (χ4n) is 2.04. The molecule has 1 aliphatic heterocycles. The van der Waals surface area contributed by atoms with Crippen LogP contribution in [0.2, 0.25) is 0 Å². The van der Waals surface area contributed by atoms with Crippen LogP contribution in [0.3, 0.4) is 0 Å². The van der Waals surface area contributed by atoms with Gasteiger partial charge in [-0.2, -0.15) is 0 Å². The summed E-state index contributed by atoms with van der Waals surface area (Å²) in [4.78, 5) is 22.8. The van der Waals surface area contributed by atoms with Crippen LogP contribution >= 0.6 is 0 Å². The number of rotatable bonds is 5. The van der Waals surface area contributed by atoms with Gasteiger partial charge in [0.05, 0.1) is 5.92 Å². The first-order valence-corrected chi connectivity index (χ1v) is 6.92. The van der Waals surface area contributed by atoms with Crippen LogP contribution in [0.15, 0.2) is 24.3 Å². The van der Waals surface area contributed by atoms with Crippen molar-refractivity contribution in [2.45, 2.75) is 32.5 Å². The Morgan fingerprint density at radius 3 is 2.52 bits per heavy atom. The van der Waals surface area contributed by atoms with E-state index in [0.29, 0.717) is 24.5 Å². The molecule has 3 atom stereocenters. The second kappa shape index (κ2) is 6.47. The van der Waals surface area contributed by atoms with Crippen molar-refractivity contribution in [3.8, 4) is 11.5 Å². The normalized spacial score (nSPS) is 21.4. The highest BCUT2D eigenvalue weighted by atomic mass is 16.6. The van der Waals surface area contributed by atoms with E-state index in [2.05, 4.69) is 5.32 Å². The van der Waals surface area contributed by atoms with Crippen molar-refractivity contribution in [1.29, 1.82) is 0 Å². The van der Waals surface area contributed by atoms with E-state index in [1.54, 1.807) is 26.0 Å². The topological polar surface area (TPSA) is 84.9 Å². The van der Waals surface area contributed by atoms with Crippen molar-refractivity contribution >= 4 is 11.9 Å². The fourth-order valence-corrected chi connectivity index (χ4v) is 2.04. The zero-order valence-corrected chi connectivity index (χ0v) is 12.0. The first kappa shape index (κ1) is 15.2. The number of carbonyl (C=O) groups excluding carboxylic acids is 1. The predicted octanol–water partition coefficient (Wildman–Crippen LogP) is 1.44. The number of carbonyl (C=O) groups is 2. The van der Waals surface area contributed by atoms with Gasteiger partial charge in [0.2, 0.25) is 6.10 Å². The van der Waals surface area contributed by atoms with E-state index in [0.717, 1.165) is 0 Å². The summed E-state index contributed by atoms with van der Waals surface area (Å²) in [6, 6.07) is 7.17. The van der Waals surface area contributed by atoms with Crippen LogP contribution in [0.5, 0.6) is 11.5 Å². The number of hydrogen-bond acceptors (Lipinski definition) is 4. The largest absolute Gasteiger partial charge is 0.482 e. The maximum Gasteiger partial charge on any atom is 0.306 e. The smallest absolute Gasteiger partial charge is 0.306 e. The van der Waals surface area contributed by atoms with Crippen molar-refractivity contribution in [2.24, 2.45) is 5.92 Å². The Balaban J connectivity index is 1.90. The van der Waals surface area contributed by atoms with Gasteiger partial charge < -0.3 is 19.9 Å². The molecule has 6 heteroatoms. The molecule has 2 N–H and O–H groups in total. The number of nitrogens with one attached hydrogen (secondary N) is 1. The molecule has 1 aliphatic rings. The minimum Gasteiger partial charge on any atom is -0.482 e. The maximum atomic E-state index is 12.1. The monoisotopic (exact) mass is 293 g/mol. The molecule has 0 aromatic heterocycles. The molecule has 2 rings (SSSR count). The SMILES string of the molecule is CC(CCNC(=O)C1Oc2ccccc2OC1C)C(=O)O. The summed E-state index contributed by atoms with van der Waals surface area (Å²) in [5, 5.41) is 11.5. The Bertz CT molecular complexity index is 531. The second-order valence-electron chi connectivity index (χ2n) is 5.13. The van der Waals surface area contributed by atoms with Gasteiger partial charge in [0.25, 0.3) is 5.91 Å². The molecule has 3 unspecified atom stereocenters. The molecule has 0 saturated heterocycles. The van der Waals surface area contributed by atoms with Crippen LogP contribution < -0.4 is 14.8 Å². The maximum absolute atomic E-state index is 12.1. The van der Waals surface area contributed by atoms with Crippen molar-refractivity contribution in [3.63, 3.8) is 0 Å². The average Bonchev–Trinajstić information content (AvgIpc) is 2.46. The lowest BCUT2D eigenvalue weighted by molar-refractivity contribution is -0.141. The zero-order chi connectivity index (χ0) is 15.4. The Morgan fingerprint density at radius 2 is 1.90 bits per heavy atom. The van der Waals surface area contributed by atoms with Gasteiger partial charge >= 0.3 is 5.97 Å². The summed E-state index contributed by atoms with van der Waals surface area (Å²) in [7, 11) is 0. The molecule has 0 fully saturated rings. The molecule has 1 amide bonds. The van der Waals surface area contributed by atoms with Crippen molar-refractivity contribution < 1.29 is 24.2 Å². The molecule has 0 radical (unpaired) electrons. The van der Waals surface area contributed by atoms with Gasteiger partial charge in [-0.25, -0.2) is 0 Å². The lowest BCUT2D eigenvalue weighted by Crippen LogP contribution is -2.49. The highest BCUT2D eigenvalue weighted by Crippen LogP contribution is 2.33. The number of hydrogen-bond donors (Lipinski definition) is 2. The van der Waals surface area contributed by atoms with Crippen LogP contribution in [-0.4, -0.2) is 35.7 Å². The first-order chi connectivity index (χ1) is 9.99. The third-order valence-electron chi connectivity index (χ3n) is 3.40. The molecule has 21 heavy (non-hydrogen) atoms. The minimum absolute atomic E-state index is 0.292. The Hall–Kier alpha value is -2.24. The van der Waals surface area contributed by atoms with Crippen molar-refractivity contribution in [2.75, 3.05) is 6.54 Å². The molecule has 0 bridgehead atoms. The van der Waals surface area contributed by atoms with E-state index in [-0.39, 0.29) is 5.91 Å². The van der Waals surface area contributed by atoms with E-state index in [4.69, 9.17) is 14.6 Å². The minimum atomic E-state index is -0.871. The summed E-state index contributed by atoms with van der Waals surface area (Å²) in [6.07, 6.45) is -0.767. The second-order valence-corrected chi connectivity index (χ2v) is 5.13. The van der Waals surface area contributed by atoms with Crippen LogP contribution in [0.1, 0.15) is 20.3 Å². The highest BCUT2D eigenvalue weighted by Gasteiger charge is 2.33. The highest BCUT2D eigenvalue weighted by molar-refractivity contribution is 5.82. The van der Waals surface area contributed by atoms with Gasteiger partial charge in [-0.05, 0) is 25.5 Å². The number of fused-ring (bicyclic) bond motifs is 1. The van der Waals surface area contributed by atoms with Crippen LogP contribution in [-0.2, 0) is 9.59 Å². The van der Waals surface area contributed by atoms with Crippen molar-refractivity contribution in [3.05, 3.63) is 24.3 Å². The van der Waals surface area contributed by atoms with E-state index in [9.17, 15) is 9.59 Å². The molecule has 6 nitrogen and oxygen atoms in total. The Labute approximate surface area is 123 Å². The van der Waals surface area contributed by atoms with Gasteiger partial charge in [-0.1, -0.05) is 19.1 Å². The Kier molecular flexibility index (Phi) is 4.67. The number of amides is 1. The summed E-state index contributed by atoms with van der Waals surface area (Å²) in [6.45, 7) is 3.66. The van der Waals surface area contributed by atoms with E-state index in [1.165, 1.54) is 0 Å². The van der Waals surface area contributed by atoms with Gasteiger partial charge in [-0.3, -0.25) is 9.59 Å². The number of para-hydroxylation sites is 2. The molecule has 0 spiro atoms.